The molecule has 0 fully saturated rings. The Morgan fingerprint density at radius 1 is 1.53 bits per heavy atom. The van der Waals surface area contributed by atoms with E-state index in [1.165, 1.54) is 0 Å². The van der Waals surface area contributed by atoms with Crippen molar-refractivity contribution < 1.29 is 9.90 Å². The van der Waals surface area contributed by atoms with E-state index in [1.54, 1.807) is 28.2 Å². The number of rotatable bonds is 4. The van der Waals surface area contributed by atoms with Gasteiger partial charge in [-0.3, -0.25) is 4.79 Å². The number of aromatic nitrogens is 1. The van der Waals surface area contributed by atoms with E-state index in [2.05, 4.69) is 4.98 Å². The van der Waals surface area contributed by atoms with Gasteiger partial charge in [0, 0.05) is 11.8 Å². The predicted octanol–water partition coefficient (Wildman–Crippen LogP) is 2.89. The van der Waals surface area contributed by atoms with Crippen LogP contribution in [0.3, 0.4) is 0 Å². The topological polar surface area (TPSA) is 50.2 Å². The first kappa shape index (κ1) is 10.3. The van der Waals surface area contributed by atoms with Crippen molar-refractivity contribution in [3.8, 4) is 10.6 Å². The van der Waals surface area contributed by atoms with E-state index in [1.807, 2.05) is 16.8 Å². The van der Waals surface area contributed by atoms with Gasteiger partial charge in [0.05, 0.1) is 16.1 Å². The van der Waals surface area contributed by atoms with E-state index in [-0.39, 0.29) is 6.42 Å². The summed E-state index contributed by atoms with van der Waals surface area (Å²) in [4.78, 5) is 15.8. The van der Waals surface area contributed by atoms with Crippen LogP contribution in [0.15, 0.2) is 22.3 Å². The van der Waals surface area contributed by atoms with Crippen molar-refractivity contribution in [3.05, 3.63) is 27.9 Å². The Bertz CT molecular complexity index is 448. The van der Waals surface area contributed by atoms with E-state index < -0.39 is 5.97 Å². The standard InChI is InChI=1S/C10H9NO2S2/c12-9(13)2-1-7-3-4-15-10(7)8-5-14-6-11-8/h3-6H,1-2H2,(H,12,13). The molecule has 2 rings (SSSR count). The smallest absolute Gasteiger partial charge is 0.303 e. The minimum absolute atomic E-state index is 0.174. The summed E-state index contributed by atoms with van der Waals surface area (Å²) in [7, 11) is 0. The fourth-order valence-electron chi connectivity index (χ4n) is 1.32. The third kappa shape index (κ3) is 2.43. The van der Waals surface area contributed by atoms with Gasteiger partial charge < -0.3 is 5.11 Å². The molecule has 0 aliphatic rings. The summed E-state index contributed by atoms with van der Waals surface area (Å²) in [6, 6.07) is 1.97. The lowest BCUT2D eigenvalue weighted by molar-refractivity contribution is -0.136. The Hall–Kier alpha value is -1.20. The van der Waals surface area contributed by atoms with Gasteiger partial charge in [-0.25, -0.2) is 4.98 Å². The third-order valence-electron chi connectivity index (χ3n) is 2.02. The minimum atomic E-state index is -0.759. The molecule has 5 heteroatoms. The Balaban J connectivity index is 2.19. The highest BCUT2D eigenvalue weighted by Gasteiger charge is 2.09. The maximum Gasteiger partial charge on any atom is 0.303 e. The molecule has 0 spiro atoms. The Labute approximate surface area is 95.0 Å². The number of carbonyl (C=O) groups is 1. The summed E-state index contributed by atoms with van der Waals surface area (Å²) >= 11 is 3.16. The first-order chi connectivity index (χ1) is 7.27. The molecule has 2 aromatic heterocycles. The molecule has 2 aromatic rings. The van der Waals surface area contributed by atoms with Crippen LogP contribution in [0.4, 0.5) is 0 Å². The normalized spacial score (nSPS) is 10.4. The molecular formula is C10H9NO2S2. The summed E-state index contributed by atoms with van der Waals surface area (Å²) in [5.74, 6) is -0.759. The molecule has 0 saturated heterocycles. The molecule has 78 valence electrons. The van der Waals surface area contributed by atoms with E-state index in [9.17, 15) is 4.79 Å². The fraction of sp³-hybridized carbons (Fsp3) is 0.200. The second kappa shape index (κ2) is 4.55. The molecule has 0 aromatic carbocycles. The van der Waals surface area contributed by atoms with Gasteiger partial charge in [0.1, 0.15) is 0 Å². The van der Waals surface area contributed by atoms with Crippen molar-refractivity contribution in [2.45, 2.75) is 12.8 Å². The fourth-order valence-corrected chi connectivity index (χ4v) is 2.86. The van der Waals surface area contributed by atoms with Crippen molar-refractivity contribution in [3.63, 3.8) is 0 Å². The number of thiazole rings is 1. The number of hydrogen-bond acceptors (Lipinski definition) is 4. The summed E-state index contributed by atoms with van der Waals surface area (Å²) in [5.41, 5.74) is 3.82. The first-order valence-electron chi connectivity index (χ1n) is 4.44. The largest absolute Gasteiger partial charge is 0.481 e. The van der Waals surface area contributed by atoms with E-state index in [4.69, 9.17) is 5.11 Å². The number of aryl methyl sites for hydroxylation is 1. The molecule has 0 saturated carbocycles. The van der Waals surface area contributed by atoms with Gasteiger partial charge >= 0.3 is 5.97 Å². The minimum Gasteiger partial charge on any atom is -0.481 e. The van der Waals surface area contributed by atoms with Crippen molar-refractivity contribution in [2.75, 3.05) is 0 Å². The highest BCUT2D eigenvalue weighted by molar-refractivity contribution is 7.14. The lowest BCUT2D eigenvalue weighted by atomic mass is 10.1. The molecule has 0 unspecified atom stereocenters. The van der Waals surface area contributed by atoms with Gasteiger partial charge in [-0.2, -0.15) is 0 Å². The molecular weight excluding hydrogens is 230 g/mol. The van der Waals surface area contributed by atoms with Crippen LogP contribution in [0.25, 0.3) is 10.6 Å². The molecule has 0 radical (unpaired) electrons. The van der Waals surface area contributed by atoms with Crippen molar-refractivity contribution >= 4 is 28.6 Å². The number of thiophene rings is 1. The number of carboxylic acids is 1. The third-order valence-corrected chi connectivity index (χ3v) is 3.59. The van der Waals surface area contributed by atoms with E-state index >= 15 is 0 Å². The second-order valence-electron chi connectivity index (χ2n) is 3.04. The zero-order valence-corrected chi connectivity index (χ0v) is 9.48. The van der Waals surface area contributed by atoms with Gasteiger partial charge in [-0.05, 0) is 23.4 Å². The van der Waals surface area contributed by atoms with Crippen LogP contribution in [0, 0.1) is 0 Å². The van der Waals surface area contributed by atoms with Gasteiger partial charge in [0.2, 0.25) is 0 Å². The Morgan fingerprint density at radius 2 is 2.40 bits per heavy atom. The average molecular weight is 239 g/mol. The van der Waals surface area contributed by atoms with Crippen LogP contribution in [-0.2, 0) is 11.2 Å². The highest BCUT2D eigenvalue weighted by atomic mass is 32.1. The lowest BCUT2D eigenvalue weighted by Crippen LogP contribution is -1.97. The molecule has 3 nitrogen and oxygen atoms in total. The highest BCUT2D eigenvalue weighted by Crippen LogP contribution is 2.29. The van der Waals surface area contributed by atoms with Crippen LogP contribution in [-0.4, -0.2) is 16.1 Å². The van der Waals surface area contributed by atoms with Crippen molar-refractivity contribution in [1.82, 2.24) is 4.98 Å². The Morgan fingerprint density at radius 3 is 3.07 bits per heavy atom. The van der Waals surface area contributed by atoms with Crippen molar-refractivity contribution in [1.29, 1.82) is 0 Å². The number of nitrogens with zero attached hydrogens (tertiary/aromatic N) is 1. The summed E-state index contributed by atoms with van der Waals surface area (Å²) in [5, 5.41) is 12.6. The molecule has 0 atom stereocenters. The molecule has 15 heavy (non-hydrogen) atoms. The maximum absolute atomic E-state index is 10.5. The van der Waals surface area contributed by atoms with Crippen LogP contribution >= 0.6 is 22.7 Å². The molecule has 1 N–H and O–H groups in total. The van der Waals surface area contributed by atoms with E-state index in [0.717, 1.165) is 16.1 Å². The molecule has 0 aliphatic heterocycles. The summed E-state index contributed by atoms with van der Waals surface area (Å²) < 4.78 is 0. The average Bonchev–Trinajstić information content (AvgIpc) is 2.85. The van der Waals surface area contributed by atoms with Gasteiger partial charge in [-0.15, -0.1) is 22.7 Å². The maximum atomic E-state index is 10.5. The van der Waals surface area contributed by atoms with E-state index in [0.29, 0.717) is 6.42 Å². The number of aliphatic carboxylic acids is 1. The number of carboxylic acid groups (broad SMARTS) is 1. The lowest BCUT2D eigenvalue weighted by Gasteiger charge is -1.98. The zero-order valence-electron chi connectivity index (χ0n) is 7.84. The van der Waals surface area contributed by atoms with Gasteiger partial charge in [0.25, 0.3) is 0 Å². The summed E-state index contributed by atoms with van der Waals surface area (Å²) in [6.45, 7) is 0. The molecule has 0 bridgehead atoms. The van der Waals surface area contributed by atoms with Crippen LogP contribution in [0.1, 0.15) is 12.0 Å². The number of hydrogen-bond donors (Lipinski definition) is 1. The SMILES string of the molecule is O=C(O)CCc1ccsc1-c1cscn1. The first-order valence-corrected chi connectivity index (χ1v) is 6.26. The zero-order chi connectivity index (χ0) is 10.7. The molecule has 2 heterocycles. The Kier molecular flexibility index (Phi) is 3.13. The van der Waals surface area contributed by atoms with Crippen LogP contribution in [0.5, 0.6) is 0 Å². The molecule has 0 amide bonds. The predicted molar refractivity (Wildman–Crippen MR) is 61.4 cm³/mol. The van der Waals surface area contributed by atoms with Gasteiger partial charge in [-0.1, -0.05) is 0 Å². The molecule has 0 aliphatic carbocycles. The monoisotopic (exact) mass is 239 g/mol. The quantitative estimate of drug-likeness (QED) is 0.892. The van der Waals surface area contributed by atoms with Crippen LogP contribution < -0.4 is 0 Å². The van der Waals surface area contributed by atoms with Crippen LogP contribution in [0.2, 0.25) is 0 Å². The summed E-state index contributed by atoms with van der Waals surface area (Å²) in [6.07, 6.45) is 0.750. The second-order valence-corrected chi connectivity index (χ2v) is 4.68. The van der Waals surface area contributed by atoms with Crippen molar-refractivity contribution in [2.24, 2.45) is 0 Å². The van der Waals surface area contributed by atoms with Gasteiger partial charge in [0.15, 0.2) is 0 Å².